The number of alkyl halides is 3. The summed E-state index contributed by atoms with van der Waals surface area (Å²) in [7, 11) is 0. The van der Waals surface area contributed by atoms with Gasteiger partial charge in [-0.2, -0.15) is 13.2 Å². The first-order valence-electron chi connectivity index (χ1n) is 6.12. The number of rotatable bonds is 5. The lowest BCUT2D eigenvalue weighted by atomic mass is 10.2. The fraction of sp³-hybridized carbons (Fsp3) is 0.231. The number of aromatic nitrogens is 1. The highest BCUT2D eigenvalue weighted by Gasteiger charge is 2.27. The van der Waals surface area contributed by atoms with Gasteiger partial charge in [0, 0.05) is 22.3 Å². The van der Waals surface area contributed by atoms with E-state index in [9.17, 15) is 18.0 Å². The fourth-order valence-corrected chi connectivity index (χ4v) is 2.53. The van der Waals surface area contributed by atoms with Crippen molar-refractivity contribution in [2.45, 2.75) is 12.7 Å². The van der Waals surface area contributed by atoms with Crippen LogP contribution < -0.4 is 10.6 Å². The van der Waals surface area contributed by atoms with Crippen molar-refractivity contribution in [2.75, 3.05) is 11.9 Å². The summed E-state index contributed by atoms with van der Waals surface area (Å²) in [5, 5.41) is 4.88. The van der Waals surface area contributed by atoms with Crippen LogP contribution in [0.2, 0.25) is 4.47 Å². The van der Waals surface area contributed by atoms with Gasteiger partial charge < -0.3 is 10.6 Å². The number of nitrogens with zero attached hydrogens (tertiary/aromatic N) is 1. The summed E-state index contributed by atoms with van der Waals surface area (Å²) in [6.07, 6.45) is -2.81. The molecule has 22 heavy (non-hydrogen) atoms. The minimum atomic E-state index is -4.43. The van der Waals surface area contributed by atoms with Crippen LogP contribution in [0.1, 0.15) is 15.2 Å². The first-order valence-corrected chi connectivity index (χ1v) is 7.32. The Kier molecular flexibility index (Phi) is 5.25. The SMILES string of the molecule is O=C(NCC(F)(F)F)c1cccc(NCc2cnc(Cl)s2)c1. The first-order chi connectivity index (χ1) is 10.3. The molecule has 0 atom stereocenters. The molecule has 1 aromatic carbocycles. The summed E-state index contributed by atoms with van der Waals surface area (Å²) < 4.78 is 36.7. The lowest BCUT2D eigenvalue weighted by Gasteiger charge is -2.10. The van der Waals surface area contributed by atoms with E-state index in [1.165, 1.54) is 23.5 Å². The zero-order valence-corrected chi connectivity index (χ0v) is 12.6. The topological polar surface area (TPSA) is 54.0 Å². The highest BCUT2D eigenvalue weighted by molar-refractivity contribution is 7.15. The number of amides is 1. The molecular formula is C13H11ClF3N3OS. The van der Waals surface area contributed by atoms with Crippen molar-refractivity contribution in [3.05, 3.63) is 45.4 Å². The molecule has 2 rings (SSSR count). The molecule has 4 nitrogen and oxygen atoms in total. The molecule has 0 unspecified atom stereocenters. The summed E-state index contributed by atoms with van der Waals surface area (Å²) in [5.74, 6) is -0.776. The number of thiazole rings is 1. The minimum absolute atomic E-state index is 0.150. The molecule has 0 bridgehead atoms. The monoisotopic (exact) mass is 349 g/mol. The van der Waals surface area contributed by atoms with Gasteiger partial charge in [0.05, 0.1) is 6.54 Å². The van der Waals surface area contributed by atoms with Crippen molar-refractivity contribution in [2.24, 2.45) is 0 Å². The van der Waals surface area contributed by atoms with Gasteiger partial charge in [-0.1, -0.05) is 17.7 Å². The zero-order valence-electron chi connectivity index (χ0n) is 11.1. The Hall–Kier alpha value is -1.80. The molecule has 0 aliphatic heterocycles. The van der Waals surface area contributed by atoms with Crippen molar-refractivity contribution in [3.63, 3.8) is 0 Å². The second-order valence-corrected chi connectivity index (χ2v) is 6.01. The summed E-state index contributed by atoms with van der Waals surface area (Å²) in [6, 6.07) is 6.22. The lowest BCUT2D eigenvalue weighted by Crippen LogP contribution is -2.33. The van der Waals surface area contributed by atoms with Crippen LogP contribution in [-0.4, -0.2) is 23.6 Å². The van der Waals surface area contributed by atoms with Crippen LogP contribution in [0.15, 0.2) is 30.5 Å². The molecule has 0 saturated carbocycles. The molecule has 0 radical (unpaired) electrons. The van der Waals surface area contributed by atoms with Crippen molar-refractivity contribution in [1.82, 2.24) is 10.3 Å². The Morgan fingerprint density at radius 1 is 1.36 bits per heavy atom. The third kappa shape index (κ3) is 5.19. The van der Waals surface area contributed by atoms with Crippen LogP contribution in [0.5, 0.6) is 0 Å². The van der Waals surface area contributed by atoms with E-state index in [4.69, 9.17) is 11.6 Å². The van der Waals surface area contributed by atoms with E-state index in [1.54, 1.807) is 18.3 Å². The molecule has 0 aliphatic rings. The Morgan fingerprint density at radius 3 is 2.77 bits per heavy atom. The van der Waals surface area contributed by atoms with Gasteiger partial charge in [-0.15, -0.1) is 11.3 Å². The number of carbonyl (C=O) groups is 1. The van der Waals surface area contributed by atoms with E-state index in [-0.39, 0.29) is 5.56 Å². The highest BCUT2D eigenvalue weighted by atomic mass is 35.5. The van der Waals surface area contributed by atoms with Crippen LogP contribution in [0.4, 0.5) is 18.9 Å². The van der Waals surface area contributed by atoms with E-state index in [0.29, 0.717) is 16.7 Å². The Balaban J connectivity index is 1.95. The average molecular weight is 350 g/mol. The number of hydrogen-bond acceptors (Lipinski definition) is 4. The van der Waals surface area contributed by atoms with Gasteiger partial charge in [0.1, 0.15) is 6.54 Å². The van der Waals surface area contributed by atoms with Gasteiger partial charge in [0.25, 0.3) is 5.91 Å². The number of nitrogens with one attached hydrogen (secondary N) is 2. The van der Waals surface area contributed by atoms with Crippen molar-refractivity contribution in [3.8, 4) is 0 Å². The van der Waals surface area contributed by atoms with Gasteiger partial charge in [-0.3, -0.25) is 4.79 Å². The van der Waals surface area contributed by atoms with E-state index >= 15 is 0 Å². The van der Waals surface area contributed by atoms with Gasteiger partial charge in [0.2, 0.25) is 0 Å². The van der Waals surface area contributed by atoms with Gasteiger partial charge in [-0.05, 0) is 18.2 Å². The number of carbonyl (C=O) groups excluding carboxylic acids is 1. The average Bonchev–Trinajstić information content (AvgIpc) is 2.88. The molecular weight excluding hydrogens is 339 g/mol. The number of hydrogen-bond donors (Lipinski definition) is 2. The molecule has 0 spiro atoms. The van der Waals surface area contributed by atoms with Gasteiger partial charge in [0.15, 0.2) is 4.47 Å². The third-order valence-electron chi connectivity index (χ3n) is 2.57. The van der Waals surface area contributed by atoms with Crippen LogP contribution in [0.25, 0.3) is 0 Å². The predicted octanol–water partition coefficient (Wildman–Crippen LogP) is 3.70. The molecule has 2 N–H and O–H groups in total. The maximum Gasteiger partial charge on any atom is 0.405 e. The normalized spacial score (nSPS) is 11.3. The summed E-state index contributed by atoms with van der Waals surface area (Å²) in [6.45, 7) is -0.902. The van der Waals surface area contributed by atoms with Crippen LogP contribution >= 0.6 is 22.9 Å². The molecule has 1 heterocycles. The second-order valence-electron chi connectivity index (χ2n) is 4.31. The van der Waals surface area contributed by atoms with Crippen molar-refractivity contribution in [1.29, 1.82) is 0 Å². The van der Waals surface area contributed by atoms with Crippen LogP contribution in [0.3, 0.4) is 0 Å². The van der Waals surface area contributed by atoms with Crippen LogP contribution in [-0.2, 0) is 6.54 Å². The van der Waals surface area contributed by atoms with Crippen molar-refractivity contribution < 1.29 is 18.0 Å². The van der Waals surface area contributed by atoms with Crippen molar-refractivity contribution >= 4 is 34.5 Å². The smallest absolute Gasteiger partial charge is 0.380 e. The molecule has 2 aromatic rings. The lowest BCUT2D eigenvalue weighted by molar-refractivity contribution is -0.123. The molecule has 1 aromatic heterocycles. The number of anilines is 1. The van der Waals surface area contributed by atoms with Gasteiger partial charge in [-0.25, -0.2) is 4.98 Å². The number of benzene rings is 1. The second kappa shape index (κ2) is 6.97. The molecule has 1 amide bonds. The molecule has 0 fully saturated rings. The third-order valence-corrected chi connectivity index (χ3v) is 3.68. The number of halogens is 4. The molecule has 0 saturated heterocycles. The fourth-order valence-electron chi connectivity index (χ4n) is 1.61. The summed E-state index contributed by atoms with van der Waals surface area (Å²) >= 11 is 7.03. The molecule has 118 valence electrons. The Bertz CT molecular complexity index is 660. The maximum atomic E-state index is 12.1. The van der Waals surface area contributed by atoms with Gasteiger partial charge >= 0.3 is 6.18 Å². The minimum Gasteiger partial charge on any atom is -0.380 e. The van der Waals surface area contributed by atoms with E-state index < -0.39 is 18.6 Å². The van der Waals surface area contributed by atoms with Crippen LogP contribution in [0, 0.1) is 0 Å². The largest absolute Gasteiger partial charge is 0.405 e. The predicted molar refractivity (Wildman–Crippen MR) is 79.3 cm³/mol. The quantitative estimate of drug-likeness (QED) is 0.865. The standard InChI is InChI=1S/C13H11ClF3N3OS/c14-12-19-6-10(22-12)5-18-9-3-1-2-8(4-9)11(21)20-7-13(15,16)17/h1-4,6,18H,5,7H2,(H,20,21). The summed E-state index contributed by atoms with van der Waals surface area (Å²) in [5.41, 5.74) is 0.765. The molecule has 9 heteroatoms. The zero-order chi connectivity index (χ0) is 16.2. The maximum absolute atomic E-state index is 12.1. The van der Waals surface area contributed by atoms with E-state index in [2.05, 4.69) is 10.3 Å². The highest BCUT2D eigenvalue weighted by Crippen LogP contribution is 2.19. The Morgan fingerprint density at radius 2 is 2.14 bits per heavy atom. The van der Waals surface area contributed by atoms with E-state index in [1.807, 2.05) is 5.32 Å². The molecule has 0 aliphatic carbocycles. The summed E-state index contributed by atoms with van der Waals surface area (Å²) in [4.78, 5) is 16.5. The van der Waals surface area contributed by atoms with E-state index in [0.717, 1.165) is 4.88 Å². The first kappa shape index (κ1) is 16.6. The Labute approximate surface area is 133 Å².